The first-order chi connectivity index (χ1) is 7.61. The Morgan fingerprint density at radius 2 is 1.75 bits per heavy atom. The van der Waals surface area contributed by atoms with Gasteiger partial charge in [-0.25, -0.2) is 0 Å². The first-order valence-electron chi connectivity index (χ1n) is 5.09. The summed E-state index contributed by atoms with van der Waals surface area (Å²) in [5.41, 5.74) is 6.18. The second kappa shape index (κ2) is 5.18. The lowest BCUT2D eigenvalue weighted by molar-refractivity contribution is 0.00988. The van der Waals surface area contributed by atoms with Crippen LogP contribution in [-0.2, 0) is 10.3 Å². The molecular weight excluding hydrogens is 206 g/mol. The molecule has 0 aliphatic carbocycles. The summed E-state index contributed by atoms with van der Waals surface area (Å²) in [6.07, 6.45) is 0. The second-order valence-corrected chi connectivity index (χ2v) is 3.71. The zero-order chi connectivity index (χ0) is 12.2. The van der Waals surface area contributed by atoms with E-state index in [2.05, 4.69) is 0 Å². The Balaban J connectivity index is 3.16. The summed E-state index contributed by atoms with van der Waals surface area (Å²) in [5.74, 6) is 1.37. The van der Waals surface area contributed by atoms with Crippen LogP contribution in [0.25, 0.3) is 0 Å². The van der Waals surface area contributed by atoms with Gasteiger partial charge in [0.1, 0.15) is 5.60 Å². The minimum absolute atomic E-state index is 0.402. The Morgan fingerprint density at radius 1 is 1.12 bits per heavy atom. The van der Waals surface area contributed by atoms with Crippen LogP contribution >= 0.6 is 0 Å². The molecule has 0 fully saturated rings. The van der Waals surface area contributed by atoms with E-state index in [1.165, 1.54) is 0 Å². The fourth-order valence-electron chi connectivity index (χ4n) is 1.48. The molecule has 16 heavy (non-hydrogen) atoms. The van der Waals surface area contributed by atoms with Crippen molar-refractivity contribution >= 4 is 0 Å². The standard InChI is InChI=1S/C12H19NO3/c1-12(8-13,16-4)9-5-6-10(14-2)11(7-9)15-3/h5-7H,8,13H2,1-4H3. The molecule has 0 aliphatic heterocycles. The average molecular weight is 225 g/mol. The number of nitrogens with two attached hydrogens (primary N) is 1. The molecule has 1 rings (SSSR count). The zero-order valence-corrected chi connectivity index (χ0v) is 10.2. The van der Waals surface area contributed by atoms with Crippen LogP contribution in [0, 0.1) is 0 Å². The topological polar surface area (TPSA) is 53.7 Å². The summed E-state index contributed by atoms with van der Waals surface area (Å²) >= 11 is 0. The van der Waals surface area contributed by atoms with E-state index >= 15 is 0 Å². The number of hydrogen-bond acceptors (Lipinski definition) is 4. The van der Waals surface area contributed by atoms with Gasteiger partial charge in [0, 0.05) is 13.7 Å². The van der Waals surface area contributed by atoms with Crippen LogP contribution in [-0.4, -0.2) is 27.9 Å². The van der Waals surface area contributed by atoms with Crippen molar-refractivity contribution in [2.75, 3.05) is 27.9 Å². The Kier molecular flexibility index (Phi) is 4.15. The van der Waals surface area contributed by atoms with Crippen LogP contribution in [0.1, 0.15) is 12.5 Å². The monoisotopic (exact) mass is 225 g/mol. The minimum Gasteiger partial charge on any atom is -0.493 e. The second-order valence-electron chi connectivity index (χ2n) is 3.71. The van der Waals surface area contributed by atoms with E-state index in [0.717, 1.165) is 5.56 Å². The van der Waals surface area contributed by atoms with E-state index in [9.17, 15) is 0 Å². The molecule has 1 atom stereocenters. The lowest BCUT2D eigenvalue weighted by Crippen LogP contribution is -2.33. The van der Waals surface area contributed by atoms with Gasteiger partial charge in [-0.3, -0.25) is 0 Å². The third-order valence-corrected chi connectivity index (χ3v) is 2.83. The molecule has 0 radical (unpaired) electrons. The molecular formula is C12H19NO3. The quantitative estimate of drug-likeness (QED) is 0.825. The number of rotatable bonds is 5. The minimum atomic E-state index is -0.500. The van der Waals surface area contributed by atoms with Crippen LogP contribution in [0.15, 0.2) is 18.2 Å². The van der Waals surface area contributed by atoms with E-state index in [-0.39, 0.29) is 0 Å². The first kappa shape index (κ1) is 12.8. The Bertz CT molecular complexity index is 348. The summed E-state index contributed by atoms with van der Waals surface area (Å²) in [6, 6.07) is 5.66. The van der Waals surface area contributed by atoms with Crippen LogP contribution in [0.2, 0.25) is 0 Å². The molecule has 0 heterocycles. The van der Waals surface area contributed by atoms with Crippen LogP contribution in [0.3, 0.4) is 0 Å². The molecule has 4 nitrogen and oxygen atoms in total. The summed E-state index contributed by atoms with van der Waals surface area (Å²) in [4.78, 5) is 0. The van der Waals surface area contributed by atoms with Gasteiger partial charge in [0.05, 0.1) is 14.2 Å². The summed E-state index contributed by atoms with van der Waals surface area (Å²) in [7, 11) is 4.85. The van der Waals surface area contributed by atoms with Gasteiger partial charge in [0.2, 0.25) is 0 Å². The fraction of sp³-hybridized carbons (Fsp3) is 0.500. The molecule has 0 spiro atoms. The van der Waals surface area contributed by atoms with Crippen molar-refractivity contribution in [1.29, 1.82) is 0 Å². The molecule has 0 amide bonds. The highest BCUT2D eigenvalue weighted by Crippen LogP contribution is 2.33. The largest absolute Gasteiger partial charge is 0.493 e. The zero-order valence-electron chi connectivity index (χ0n) is 10.2. The maximum Gasteiger partial charge on any atom is 0.161 e. The van der Waals surface area contributed by atoms with Gasteiger partial charge >= 0.3 is 0 Å². The van der Waals surface area contributed by atoms with Crippen molar-refractivity contribution < 1.29 is 14.2 Å². The molecule has 0 saturated heterocycles. The first-order valence-corrected chi connectivity index (χ1v) is 5.09. The molecule has 0 aliphatic rings. The average Bonchev–Trinajstić information content (AvgIpc) is 2.36. The van der Waals surface area contributed by atoms with Crippen molar-refractivity contribution in [3.63, 3.8) is 0 Å². The van der Waals surface area contributed by atoms with Crippen LogP contribution < -0.4 is 15.2 Å². The van der Waals surface area contributed by atoms with Gasteiger partial charge in [0.25, 0.3) is 0 Å². The maximum atomic E-state index is 5.71. The maximum absolute atomic E-state index is 5.71. The fourth-order valence-corrected chi connectivity index (χ4v) is 1.48. The van der Waals surface area contributed by atoms with Gasteiger partial charge in [-0.2, -0.15) is 0 Å². The van der Waals surface area contributed by atoms with Crippen LogP contribution in [0.4, 0.5) is 0 Å². The van der Waals surface area contributed by atoms with E-state index in [1.54, 1.807) is 21.3 Å². The summed E-state index contributed by atoms with van der Waals surface area (Å²) in [5, 5.41) is 0. The molecule has 0 aromatic heterocycles. The van der Waals surface area contributed by atoms with Crippen molar-refractivity contribution in [3.05, 3.63) is 23.8 Å². The molecule has 1 unspecified atom stereocenters. The third-order valence-electron chi connectivity index (χ3n) is 2.83. The number of hydrogen-bond donors (Lipinski definition) is 1. The molecule has 0 bridgehead atoms. The third kappa shape index (κ3) is 2.28. The molecule has 1 aromatic rings. The highest BCUT2D eigenvalue weighted by Gasteiger charge is 2.25. The molecule has 90 valence electrons. The van der Waals surface area contributed by atoms with Crippen LogP contribution in [0.5, 0.6) is 11.5 Å². The highest BCUT2D eigenvalue weighted by molar-refractivity contribution is 5.44. The Labute approximate surface area is 96.3 Å². The SMILES string of the molecule is COc1ccc(C(C)(CN)OC)cc1OC. The number of benzene rings is 1. The molecule has 0 saturated carbocycles. The van der Waals surface area contributed by atoms with E-state index in [1.807, 2.05) is 25.1 Å². The lowest BCUT2D eigenvalue weighted by atomic mass is 9.95. The van der Waals surface area contributed by atoms with Crippen molar-refractivity contribution in [2.24, 2.45) is 5.73 Å². The number of ether oxygens (including phenoxy) is 3. The molecule has 4 heteroatoms. The normalized spacial score (nSPS) is 14.3. The van der Waals surface area contributed by atoms with E-state index in [4.69, 9.17) is 19.9 Å². The van der Waals surface area contributed by atoms with Gasteiger partial charge < -0.3 is 19.9 Å². The predicted molar refractivity (Wildman–Crippen MR) is 63.0 cm³/mol. The van der Waals surface area contributed by atoms with Crippen molar-refractivity contribution in [3.8, 4) is 11.5 Å². The smallest absolute Gasteiger partial charge is 0.161 e. The van der Waals surface area contributed by atoms with E-state index in [0.29, 0.717) is 18.0 Å². The summed E-state index contributed by atoms with van der Waals surface area (Å²) in [6.45, 7) is 2.34. The van der Waals surface area contributed by atoms with Gasteiger partial charge in [-0.05, 0) is 24.6 Å². The molecule has 1 aromatic carbocycles. The van der Waals surface area contributed by atoms with Crippen molar-refractivity contribution in [2.45, 2.75) is 12.5 Å². The van der Waals surface area contributed by atoms with Gasteiger partial charge in [0.15, 0.2) is 11.5 Å². The van der Waals surface area contributed by atoms with Gasteiger partial charge in [-0.1, -0.05) is 6.07 Å². The molecule has 2 N–H and O–H groups in total. The number of methoxy groups -OCH3 is 3. The highest BCUT2D eigenvalue weighted by atomic mass is 16.5. The Hall–Kier alpha value is -1.26. The van der Waals surface area contributed by atoms with Gasteiger partial charge in [-0.15, -0.1) is 0 Å². The van der Waals surface area contributed by atoms with E-state index < -0.39 is 5.60 Å². The lowest BCUT2D eigenvalue weighted by Gasteiger charge is -2.27. The Morgan fingerprint density at radius 3 is 2.19 bits per heavy atom. The summed E-state index contributed by atoms with van der Waals surface area (Å²) < 4.78 is 15.8. The van der Waals surface area contributed by atoms with Crippen molar-refractivity contribution in [1.82, 2.24) is 0 Å². The predicted octanol–water partition coefficient (Wildman–Crippen LogP) is 1.52.